The van der Waals surface area contributed by atoms with Gasteiger partial charge in [-0.25, -0.2) is 4.63 Å². The number of anilines is 1. The van der Waals surface area contributed by atoms with Crippen LogP contribution in [0.25, 0.3) is 11.3 Å². The molecule has 0 saturated carbocycles. The number of hydrogen-bond donors (Lipinski definition) is 1. The molecule has 0 unspecified atom stereocenters. The highest BCUT2D eigenvalue weighted by atomic mass is 16.6. The lowest BCUT2D eigenvalue weighted by Gasteiger charge is -2.15. The van der Waals surface area contributed by atoms with E-state index in [0.717, 1.165) is 23.3 Å². The standard InChI is InChI=1S/C22H25N3O4/c1-5-12-27-18-10-7-17(8-11-18)20-21(25-29-24-20)23-22(26)16(4)28-19-9-6-14(2)15(3)13-19/h6-11,13,16H,5,12H2,1-4H3,(H,23,25,26)/t16-/m1/s1. The lowest BCUT2D eigenvalue weighted by molar-refractivity contribution is -0.122. The monoisotopic (exact) mass is 395 g/mol. The molecule has 152 valence electrons. The van der Waals surface area contributed by atoms with Crippen LogP contribution in [0.5, 0.6) is 11.5 Å². The van der Waals surface area contributed by atoms with Crippen LogP contribution in [0.3, 0.4) is 0 Å². The molecule has 0 aliphatic heterocycles. The number of nitrogens with zero attached hydrogens (tertiary/aromatic N) is 2. The maximum absolute atomic E-state index is 12.6. The first-order chi connectivity index (χ1) is 14.0. The molecule has 7 heteroatoms. The maximum atomic E-state index is 12.6. The van der Waals surface area contributed by atoms with E-state index in [1.54, 1.807) is 6.92 Å². The topological polar surface area (TPSA) is 86.5 Å². The quantitative estimate of drug-likeness (QED) is 0.602. The predicted molar refractivity (Wildman–Crippen MR) is 110 cm³/mol. The first kappa shape index (κ1) is 20.4. The second-order valence-electron chi connectivity index (χ2n) is 6.83. The fraction of sp³-hybridized carbons (Fsp3) is 0.318. The van der Waals surface area contributed by atoms with E-state index >= 15 is 0 Å². The van der Waals surface area contributed by atoms with E-state index in [1.807, 2.05) is 56.3 Å². The summed E-state index contributed by atoms with van der Waals surface area (Å²) in [5.74, 6) is 1.31. The summed E-state index contributed by atoms with van der Waals surface area (Å²) in [6, 6.07) is 13.1. The van der Waals surface area contributed by atoms with Crippen LogP contribution in [0.4, 0.5) is 5.82 Å². The molecule has 7 nitrogen and oxygen atoms in total. The second kappa shape index (κ2) is 9.23. The third-order valence-electron chi connectivity index (χ3n) is 4.49. The average molecular weight is 395 g/mol. The fourth-order valence-corrected chi connectivity index (χ4v) is 2.65. The Morgan fingerprint density at radius 2 is 1.79 bits per heavy atom. The number of hydrogen-bond acceptors (Lipinski definition) is 6. The third kappa shape index (κ3) is 5.13. The van der Waals surface area contributed by atoms with E-state index in [1.165, 1.54) is 5.56 Å². The number of aromatic nitrogens is 2. The zero-order valence-electron chi connectivity index (χ0n) is 17.1. The van der Waals surface area contributed by atoms with Gasteiger partial charge in [0.1, 0.15) is 11.5 Å². The summed E-state index contributed by atoms with van der Waals surface area (Å²) >= 11 is 0. The van der Waals surface area contributed by atoms with Gasteiger partial charge in [-0.05, 0) is 85.0 Å². The molecule has 1 atom stereocenters. The van der Waals surface area contributed by atoms with Crippen molar-refractivity contribution in [2.24, 2.45) is 0 Å². The van der Waals surface area contributed by atoms with Crippen molar-refractivity contribution >= 4 is 11.7 Å². The smallest absolute Gasteiger partial charge is 0.266 e. The molecule has 0 bridgehead atoms. The van der Waals surface area contributed by atoms with Crippen molar-refractivity contribution in [3.05, 3.63) is 53.6 Å². The predicted octanol–water partition coefficient (Wildman–Crippen LogP) is 4.55. The lowest BCUT2D eigenvalue weighted by atomic mass is 10.1. The molecule has 29 heavy (non-hydrogen) atoms. The van der Waals surface area contributed by atoms with Crippen molar-refractivity contribution in [3.63, 3.8) is 0 Å². The first-order valence-corrected chi connectivity index (χ1v) is 9.58. The Kier molecular flexibility index (Phi) is 6.49. The van der Waals surface area contributed by atoms with Crippen LogP contribution < -0.4 is 14.8 Å². The first-order valence-electron chi connectivity index (χ1n) is 9.58. The molecule has 0 saturated heterocycles. The summed E-state index contributed by atoms with van der Waals surface area (Å²) in [4.78, 5) is 12.6. The normalized spacial score (nSPS) is 11.7. The van der Waals surface area contributed by atoms with Crippen LogP contribution in [-0.2, 0) is 4.79 Å². The van der Waals surface area contributed by atoms with E-state index in [2.05, 4.69) is 22.6 Å². The number of amides is 1. The Morgan fingerprint density at radius 1 is 1.07 bits per heavy atom. The number of carbonyl (C=O) groups excluding carboxylic acids is 1. The van der Waals surface area contributed by atoms with Crippen LogP contribution in [-0.4, -0.2) is 28.9 Å². The molecule has 0 aliphatic rings. The van der Waals surface area contributed by atoms with Crippen LogP contribution >= 0.6 is 0 Å². The van der Waals surface area contributed by atoms with Gasteiger partial charge in [0.25, 0.3) is 5.91 Å². The highest BCUT2D eigenvalue weighted by Crippen LogP contribution is 2.27. The molecule has 0 fully saturated rings. The van der Waals surface area contributed by atoms with E-state index < -0.39 is 6.10 Å². The number of ether oxygens (including phenoxy) is 2. The number of nitrogens with one attached hydrogen (secondary N) is 1. The van der Waals surface area contributed by atoms with Gasteiger partial charge < -0.3 is 14.8 Å². The number of rotatable bonds is 8. The van der Waals surface area contributed by atoms with Crippen molar-refractivity contribution in [1.29, 1.82) is 0 Å². The molecular weight excluding hydrogens is 370 g/mol. The molecule has 0 spiro atoms. The summed E-state index contributed by atoms with van der Waals surface area (Å²) in [5, 5.41) is 10.4. The SMILES string of the molecule is CCCOc1ccc(-c2nonc2NC(=O)[C@@H](C)Oc2ccc(C)c(C)c2)cc1. The van der Waals surface area contributed by atoms with Crippen molar-refractivity contribution in [3.8, 4) is 22.8 Å². The molecule has 0 aliphatic carbocycles. The zero-order chi connectivity index (χ0) is 20.8. The van der Waals surface area contributed by atoms with Crippen molar-refractivity contribution in [2.45, 2.75) is 40.2 Å². The van der Waals surface area contributed by atoms with Gasteiger partial charge in [-0.2, -0.15) is 0 Å². The van der Waals surface area contributed by atoms with Crippen molar-refractivity contribution in [1.82, 2.24) is 10.3 Å². The highest BCUT2D eigenvalue weighted by molar-refractivity contribution is 5.96. The van der Waals surface area contributed by atoms with Crippen LogP contribution in [0.2, 0.25) is 0 Å². The summed E-state index contributed by atoms with van der Waals surface area (Å²) in [5.41, 5.74) is 3.47. The number of carbonyl (C=O) groups is 1. The van der Waals surface area contributed by atoms with Crippen molar-refractivity contribution in [2.75, 3.05) is 11.9 Å². The van der Waals surface area contributed by atoms with Gasteiger partial charge >= 0.3 is 0 Å². The van der Waals surface area contributed by atoms with Gasteiger partial charge in [-0.1, -0.05) is 13.0 Å². The van der Waals surface area contributed by atoms with Gasteiger partial charge in [0, 0.05) is 5.56 Å². The van der Waals surface area contributed by atoms with Crippen LogP contribution in [0.15, 0.2) is 47.1 Å². The minimum absolute atomic E-state index is 0.243. The van der Waals surface area contributed by atoms with E-state index in [9.17, 15) is 4.79 Å². The average Bonchev–Trinajstić information content (AvgIpc) is 3.17. The summed E-state index contributed by atoms with van der Waals surface area (Å²) < 4.78 is 16.2. The second-order valence-corrected chi connectivity index (χ2v) is 6.83. The van der Waals surface area contributed by atoms with Gasteiger partial charge in [0.05, 0.1) is 6.61 Å². The van der Waals surface area contributed by atoms with Gasteiger partial charge in [0.15, 0.2) is 11.8 Å². The Labute approximate surface area is 170 Å². The molecule has 2 aromatic carbocycles. The molecule has 0 radical (unpaired) electrons. The number of aryl methyl sites for hydroxylation is 2. The Hall–Kier alpha value is -3.35. The van der Waals surface area contributed by atoms with E-state index in [0.29, 0.717) is 18.1 Å². The van der Waals surface area contributed by atoms with E-state index in [4.69, 9.17) is 14.1 Å². The maximum Gasteiger partial charge on any atom is 0.266 e. The molecule has 3 rings (SSSR count). The summed E-state index contributed by atoms with van der Waals surface area (Å²) in [6.07, 6.45) is 0.222. The van der Waals surface area contributed by atoms with Gasteiger partial charge in [-0.15, -0.1) is 0 Å². The van der Waals surface area contributed by atoms with Gasteiger partial charge in [0.2, 0.25) is 5.82 Å². The van der Waals surface area contributed by atoms with Crippen molar-refractivity contribution < 1.29 is 18.9 Å². The summed E-state index contributed by atoms with van der Waals surface area (Å²) in [6.45, 7) is 8.41. The minimum Gasteiger partial charge on any atom is -0.494 e. The zero-order valence-corrected chi connectivity index (χ0v) is 17.1. The minimum atomic E-state index is -0.716. The highest BCUT2D eigenvalue weighted by Gasteiger charge is 2.20. The largest absolute Gasteiger partial charge is 0.494 e. The fourth-order valence-electron chi connectivity index (χ4n) is 2.65. The Bertz CT molecular complexity index is 966. The Balaban J connectivity index is 1.67. The third-order valence-corrected chi connectivity index (χ3v) is 4.49. The van der Waals surface area contributed by atoms with Crippen LogP contribution in [0.1, 0.15) is 31.4 Å². The van der Waals surface area contributed by atoms with E-state index in [-0.39, 0.29) is 11.7 Å². The van der Waals surface area contributed by atoms with Crippen LogP contribution in [0, 0.1) is 13.8 Å². The summed E-state index contributed by atoms with van der Waals surface area (Å²) in [7, 11) is 0. The Morgan fingerprint density at radius 3 is 2.48 bits per heavy atom. The van der Waals surface area contributed by atoms with Gasteiger partial charge in [-0.3, -0.25) is 4.79 Å². The molecule has 1 heterocycles. The molecular formula is C22H25N3O4. The molecule has 1 aromatic heterocycles. The molecule has 1 amide bonds. The lowest BCUT2D eigenvalue weighted by Crippen LogP contribution is -2.30. The molecule has 3 aromatic rings. The number of benzene rings is 2. The molecule has 1 N–H and O–H groups in total.